The molecule has 1 saturated heterocycles. The van der Waals surface area contributed by atoms with Gasteiger partial charge in [-0.15, -0.1) is 22.7 Å². The maximum absolute atomic E-state index is 10.6. The van der Waals surface area contributed by atoms with Gasteiger partial charge in [-0.05, 0) is 48.9 Å². The van der Waals surface area contributed by atoms with Gasteiger partial charge in [0.1, 0.15) is 5.01 Å². The largest absolute Gasteiger partial charge is 0.388 e. The smallest absolute Gasteiger partial charge is 0.133 e. The molecule has 0 saturated carbocycles. The number of hydrogen-bond donors (Lipinski definition) is 1. The predicted octanol–water partition coefficient (Wildman–Crippen LogP) is 4.82. The molecule has 1 atom stereocenters. The minimum atomic E-state index is -0.340. The summed E-state index contributed by atoms with van der Waals surface area (Å²) in [5.41, 5.74) is 2.21. The van der Waals surface area contributed by atoms with Crippen molar-refractivity contribution in [3.63, 3.8) is 0 Å². The van der Waals surface area contributed by atoms with Crippen molar-refractivity contribution in [1.29, 1.82) is 0 Å². The first-order valence-corrected chi connectivity index (χ1v) is 10.5. The summed E-state index contributed by atoms with van der Waals surface area (Å²) >= 11 is 3.47. The van der Waals surface area contributed by atoms with Crippen molar-refractivity contribution in [2.45, 2.75) is 25.5 Å². The van der Waals surface area contributed by atoms with Crippen LogP contribution in [0.25, 0.3) is 9.88 Å². The second-order valence-electron chi connectivity index (χ2n) is 6.59. The van der Waals surface area contributed by atoms with E-state index in [0.717, 1.165) is 48.7 Å². The molecule has 3 aromatic rings. The first-order chi connectivity index (χ1) is 12.3. The average molecular weight is 371 g/mol. The van der Waals surface area contributed by atoms with Crippen molar-refractivity contribution in [1.82, 2.24) is 9.88 Å². The second kappa shape index (κ2) is 7.79. The quantitative estimate of drug-likeness (QED) is 0.700. The molecule has 0 aliphatic carbocycles. The highest BCUT2D eigenvalue weighted by molar-refractivity contribution is 7.20. The van der Waals surface area contributed by atoms with E-state index in [0.29, 0.717) is 5.92 Å². The third-order valence-corrected chi connectivity index (χ3v) is 6.82. The molecule has 3 heterocycles. The van der Waals surface area contributed by atoms with E-state index < -0.39 is 0 Å². The van der Waals surface area contributed by atoms with Crippen LogP contribution in [-0.4, -0.2) is 28.1 Å². The van der Waals surface area contributed by atoms with Crippen LogP contribution in [0, 0.1) is 5.92 Å². The molecule has 25 heavy (non-hydrogen) atoms. The van der Waals surface area contributed by atoms with Crippen LogP contribution >= 0.6 is 22.7 Å². The van der Waals surface area contributed by atoms with Crippen LogP contribution < -0.4 is 0 Å². The zero-order valence-corrected chi connectivity index (χ0v) is 15.7. The Kier molecular flexibility index (Phi) is 5.27. The van der Waals surface area contributed by atoms with Gasteiger partial charge in [-0.1, -0.05) is 36.4 Å². The lowest BCUT2D eigenvalue weighted by Crippen LogP contribution is -2.35. The number of thiazole rings is 1. The molecule has 0 spiro atoms. The zero-order chi connectivity index (χ0) is 17.1. The maximum Gasteiger partial charge on any atom is 0.133 e. The lowest BCUT2D eigenvalue weighted by molar-refractivity contribution is 0.0565. The Hall–Kier alpha value is -1.53. The normalized spacial score (nSPS) is 17.6. The number of aromatic nitrogens is 1. The summed E-state index contributed by atoms with van der Waals surface area (Å²) in [7, 11) is 0. The van der Waals surface area contributed by atoms with E-state index in [1.165, 1.54) is 4.88 Å². The lowest BCUT2D eigenvalue weighted by atomic mass is 9.87. The standard InChI is InChI=1S/C20H22N2OS2/c23-19(15-5-2-1-3-6-15)16-8-10-22(11-9-16)13-17-14-25-20(21-17)18-7-4-12-24-18/h1-7,12,14,16,19,23H,8-11,13H2. The van der Waals surface area contributed by atoms with E-state index in [-0.39, 0.29) is 6.10 Å². The third-order valence-electron chi connectivity index (χ3n) is 4.89. The van der Waals surface area contributed by atoms with Crippen molar-refractivity contribution >= 4 is 22.7 Å². The van der Waals surface area contributed by atoms with Crippen molar-refractivity contribution in [3.8, 4) is 9.88 Å². The zero-order valence-electron chi connectivity index (χ0n) is 14.0. The van der Waals surface area contributed by atoms with Crippen LogP contribution in [0.15, 0.2) is 53.2 Å². The number of hydrogen-bond acceptors (Lipinski definition) is 5. The molecule has 1 aliphatic rings. The molecule has 4 rings (SSSR count). The number of piperidine rings is 1. The van der Waals surface area contributed by atoms with E-state index in [4.69, 9.17) is 4.98 Å². The SMILES string of the molecule is OC(c1ccccc1)C1CCN(Cc2csc(-c3cccs3)n2)CC1. The predicted molar refractivity (Wildman–Crippen MR) is 105 cm³/mol. The lowest BCUT2D eigenvalue weighted by Gasteiger charge is -2.34. The molecule has 1 unspecified atom stereocenters. The Balaban J connectivity index is 1.32. The van der Waals surface area contributed by atoms with E-state index in [1.807, 2.05) is 30.3 Å². The Morgan fingerprint density at radius 1 is 1.08 bits per heavy atom. The van der Waals surface area contributed by atoms with Gasteiger partial charge in [0, 0.05) is 11.9 Å². The topological polar surface area (TPSA) is 36.4 Å². The summed E-state index contributed by atoms with van der Waals surface area (Å²) in [5, 5.41) is 16.0. The molecule has 1 aromatic carbocycles. The molecule has 0 amide bonds. The van der Waals surface area contributed by atoms with Crippen LogP contribution in [-0.2, 0) is 6.54 Å². The second-order valence-corrected chi connectivity index (χ2v) is 8.40. The third kappa shape index (κ3) is 4.01. The Morgan fingerprint density at radius 2 is 1.88 bits per heavy atom. The molecule has 5 heteroatoms. The van der Waals surface area contributed by atoms with Crippen LogP contribution in [0.4, 0.5) is 0 Å². The fraction of sp³-hybridized carbons (Fsp3) is 0.350. The van der Waals surface area contributed by atoms with Gasteiger partial charge in [-0.2, -0.15) is 0 Å². The molecule has 0 radical (unpaired) electrons. The highest BCUT2D eigenvalue weighted by Crippen LogP contribution is 2.32. The molecular formula is C20H22N2OS2. The highest BCUT2D eigenvalue weighted by atomic mass is 32.1. The van der Waals surface area contributed by atoms with Crippen molar-refractivity contribution in [2.75, 3.05) is 13.1 Å². The van der Waals surface area contributed by atoms with E-state index in [9.17, 15) is 5.11 Å². The molecular weight excluding hydrogens is 348 g/mol. The highest BCUT2D eigenvalue weighted by Gasteiger charge is 2.26. The fourth-order valence-electron chi connectivity index (χ4n) is 3.47. The summed E-state index contributed by atoms with van der Waals surface area (Å²) in [5.74, 6) is 0.357. The van der Waals surface area contributed by atoms with Crippen molar-refractivity contribution < 1.29 is 5.11 Å². The molecule has 130 valence electrons. The Labute approximate surface area is 156 Å². The van der Waals surface area contributed by atoms with E-state index in [1.54, 1.807) is 22.7 Å². The number of benzene rings is 1. The number of aliphatic hydroxyl groups is 1. The molecule has 2 aromatic heterocycles. The first-order valence-electron chi connectivity index (χ1n) is 8.73. The Morgan fingerprint density at radius 3 is 2.60 bits per heavy atom. The monoisotopic (exact) mass is 370 g/mol. The van der Waals surface area contributed by atoms with Gasteiger partial charge in [-0.3, -0.25) is 4.90 Å². The van der Waals surface area contributed by atoms with Gasteiger partial charge in [0.25, 0.3) is 0 Å². The number of nitrogens with zero attached hydrogens (tertiary/aromatic N) is 2. The molecule has 1 aliphatic heterocycles. The van der Waals surface area contributed by atoms with Gasteiger partial charge < -0.3 is 5.11 Å². The number of likely N-dealkylation sites (tertiary alicyclic amines) is 1. The van der Waals surface area contributed by atoms with Gasteiger partial charge in [0.2, 0.25) is 0 Å². The van der Waals surface area contributed by atoms with Crippen molar-refractivity contribution in [3.05, 3.63) is 64.5 Å². The summed E-state index contributed by atoms with van der Waals surface area (Å²) in [6.07, 6.45) is 1.74. The molecule has 0 bridgehead atoms. The Bertz CT molecular complexity index is 777. The van der Waals surface area contributed by atoms with Crippen molar-refractivity contribution in [2.24, 2.45) is 5.92 Å². The summed E-state index contributed by atoms with van der Waals surface area (Å²) in [6, 6.07) is 14.3. The number of thiophene rings is 1. The van der Waals surface area contributed by atoms with E-state index >= 15 is 0 Å². The number of aliphatic hydroxyl groups excluding tert-OH is 1. The van der Waals surface area contributed by atoms with Gasteiger partial charge in [0.15, 0.2) is 0 Å². The summed E-state index contributed by atoms with van der Waals surface area (Å²) in [4.78, 5) is 8.50. The minimum Gasteiger partial charge on any atom is -0.388 e. The fourth-order valence-corrected chi connectivity index (χ4v) is 5.10. The molecule has 1 fully saturated rings. The van der Waals surface area contributed by atoms with Gasteiger partial charge >= 0.3 is 0 Å². The van der Waals surface area contributed by atoms with E-state index in [2.05, 4.69) is 27.8 Å². The van der Waals surface area contributed by atoms with Crippen LogP contribution in [0.3, 0.4) is 0 Å². The maximum atomic E-state index is 10.6. The summed E-state index contributed by atoms with van der Waals surface area (Å²) in [6.45, 7) is 2.97. The molecule has 1 N–H and O–H groups in total. The van der Waals surface area contributed by atoms with Gasteiger partial charge in [-0.25, -0.2) is 4.98 Å². The van der Waals surface area contributed by atoms with Crippen LogP contribution in [0.1, 0.15) is 30.2 Å². The number of rotatable bonds is 5. The average Bonchev–Trinajstić information content (AvgIpc) is 3.34. The summed E-state index contributed by atoms with van der Waals surface area (Å²) < 4.78 is 0. The van der Waals surface area contributed by atoms with Crippen LogP contribution in [0.2, 0.25) is 0 Å². The van der Waals surface area contributed by atoms with Gasteiger partial charge in [0.05, 0.1) is 16.7 Å². The first kappa shape index (κ1) is 16.9. The molecule has 3 nitrogen and oxygen atoms in total. The minimum absolute atomic E-state index is 0.340. The van der Waals surface area contributed by atoms with Crippen LogP contribution in [0.5, 0.6) is 0 Å².